The molecule has 1 radical (unpaired) electrons. The van der Waals surface area contributed by atoms with Gasteiger partial charge in [-0.25, -0.2) is 0 Å². The summed E-state index contributed by atoms with van der Waals surface area (Å²) in [5, 5.41) is 0. The van der Waals surface area contributed by atoms with E-state index in [1.165, 1.54) is 30.4 Å². The van der Waals surface area contributed by atoms with Gasteiger partial charge in [0, 0.05) is 32.7 Å². The summed E-state index contributed by atoms with van der Waals surface area (Å²) in [7, 11) is 0. The van der Waals surface area contributed by atoms with Crippen molar-refractivity contribution in [2.45, 2.75) is 45.4 Å². The Labute approximate surface area is 124 Å². The van der Waals surface area contributed by atoms with Crippen LogP contribution < -0.4 is 0 Å². The SMILES string of the molecule is CC1C2(CC2)Cc2[c-]cccc2C1(C)C.[Y]. The van der Waals surface area contributed by atoms with Crippen LogP contribution in [0.4, 0.5) is 0 Å². The van der Waals surface area contributed by atoms with Crippen LogP contribution >= 0.6 is 0 Å². The standard InChI is InChI=1S/C15H19.Y/c1-11-14(2,3)13-7-5-4-6-12(13)10-15(11)8-9-15;/h4-5,7,11H,8-10H2,1-3H3;/q-1;. The van der Waals surface area contributed by atoms with E-state index in [9.17, 15) is 0 Å². The van der Waals surface area contributed by atoms with Crippen LogP contribution in [0.5, 0.6) is 0 Å². The summed E-state index contributed by atoms with van der Waals surface area (Å²) < 4.78 is 0. The maximum Gasteiger partial charge on any atom is 0 e. The predicted octanol–water partition coefficient (Wildman–Crippen LogP) is 3.73. The van der Waals surface area contributed by atoms with E-state index in [2.05, 4.69) is 45.0 Å². The van der Waals surface area contributed by atoms with E-state index in [4.69, 9.17) is 0 Å². The van der Waals surface area contributed by atoms with Gasteiger partial charge in [-0.2, -0.15) is 29.8 Å². The van der Waals surface area contributed by atoms with E-state index >= 15 is 0 Å². The first kappa shape index (κ1) is 12.8. The van der Waals surface area contributed by atoms with Crippen LogP contribution in [-0.4, -0.2) is 0 Å². The third kappa shape index (κ3) is 1.64. The number of fused-ring (bicyclic) bond motifs is 1. The average molecular weight is 288 g/mol. The Bertz CT molecular complexity index is 402. The molecule has 2 aliphatic carbocycles. The molecule has 3 rings (SSSR count). The summed E-state index contributed by atoms with van der Waals surface area (Å²) in [6, 6.07) is 9.97. The molecule has 2 aliphatic rings. The third-order valence-electron chi connectivity index (χ3n) is 5.06. The van der Waals surface area contributed by atoms with Crippen LogP contribution in [0, 0.1) is 17.4 Å². The molecule has 1 aromatic carbocycles. The fourth-order valence-corrected chi connectivity index (χ4v) is 3.50. The molecule has 1 unspecified atom stereocenters. The summed E-state index contributed by atoms with van der Waals surface area (Å²) in [6.45, 7) is 7.26. The fraction of sp³-hybridized carbons (Fsp3) is 0.600. The molecule has 0 N–H and O–H groups in total. The van der Waals surface area contributed by atoms with Crippen LogP contribution in [0.15, 0.2) is 18.2 Å². The smallest absolute Gasteiger partial charge is 0 e. The van der Waals surface area contributed by atoms with Crippen LogP contribution in [0.1, 0.15) is 44.7 Å². The molecule has 0 bridgehead atoms. The van der Waals surface area contributed by atoms with E-state index in [1.54, 1.807) is 0 Å². The van der Waals surface area contributed by atoms with Gasteiger partial charge in [0.25, 0.3) is 0 Å². The summed E-state index contributed by atoms with van der Waals surface area (Å²) in [4.78, 5) is 0. The molecular weight excluding hydrogens is 269 g/mol. The number of rotatable bonds is 0. The van der Waals surface area contributed by atoms with E-state index in [0.717, 1.165) is 5.92 Å². The van der Waals surface area contributed by atoms with Crippen LogP contribution in [0.2, 0.25) is 0 Å². The Hall–Kier alpha value is 0.324. The first-order valence-corrected chi connectivity index (χ1v) is 6.06. The van der Waals surface area contributed by atoms with Gasteiger partial charge in [0.1, 0.15) is 0 Å². The zero-order chi connectivity index (χ0) is 10.7. The summed E-state index contributed by atoms with van der Waals surface area (Å²) >= 11 is 0. The Morgan fingerprint density at radius 2 is 2.00 bits per heavy atom. The Kier molecular flexibility index (Phi) is 3.13. The summed E-state index contributed by atoms with van der Waals surface area (Å²) in [5.74, 6) is 0.813. The van der Waals surface area contributed by atoms with Crippen LogP contribution in [0.3, 0.4) is 0 Å². The molecule has 1 atom stereocenters. The first-order valence-electron chi connectivity index (χ1n) is 6.06. The fourth-order valence-electron chi connectivity index (χ4n) is 3.50. The molecule has 0 amide bonds. The normalized spacial score (nSPS) is 28.1. The molecule has 83 valence electrons. The van der Waals surface area contributed by atoms with Crippen molar-refractivity contribution in [2.24, 2.45) is 11.3 Å². The van der Waals surface area contributed by atoms with Gasteiger partial charge in [0.05, 0.1) is 0 Å². The van der Waals surface area contributed by atoms with Gasteiger partial charge in [-0.05, 0) is 30.6 Å². The molecule has 1 aromatic rings. The molecule has 0 saturated heterocycles. The molecule has 16 heavy (non-hydrogen) atoms. The molecule has 0 nitrogen and oxygen atoms in total. The van der Waals surface area contributed by atoms with Crippen LogP contribution in [0.25, 0.3) is 0 Å². The molecule has 1 fully saturated rings. The van der Waals surface area contributed by atoms with Gasteiger partial charge >= 0.3 is 0 Å². The van der Waals surface area contributed by atoms with Crippen molar-refractivity contribution in [1.82, 2.24) is 0 Å². The van der Waals surface area contributed by atoms with Gasteiger partial charge in [0.2, 0.25) is 0 Å². The number of hydrogen-bond acceptors (Lipinski definition) is 0. The molecule has 1 saturated carbocycles. The predicted molar refractivity (Wildman–Crippen MR) is 62.8 cm³/mol. The van der Waals surface area contributed by atoms with E-state index in [0.29, 0.717) is 10.8 Å². The second kappa shape index (κ2) is 3.92. The van der Waals surface area contributed by atoms with Crippen molar-refractivity contribution in [2.75, 3.05) is 0 Å². The van der Waals surface area contributed by atoms with Gasteiger partial charge in [-0.15, -0.1) is 5.56 Å². The Morgan fingerprint density at radius 3 is 2.62 bits per heavy atom. The van der Waals surface area contributed by atoms with Gasteiger partial charge < -0.3 is 0 Å². The minimum atomic E-state index is 0. The van der Waals surface area contributed by atoms with Gasteiger partial charge in [0.15, 0.2) is 0 Å². The van der Waals surface area contributed by atoms with Gasteiger partial charge in [-0.1, -0.05) is 26.2 Å². The maximum atomic E-state index is 3.46. The quantitative estimate of drug-likeness (QED) is 0.638. The molecule has 1 heteroatoms. The Balaban J connectivity index is 0.000000963. The van der Waals surface area contributed by atoms with Crippen molar-refractivity contribution in [1.29, 1.82) is 0 Å². The van der Waals surface area contributed by atoms with Crippen LogP contribution in [-0.2, 0) is 44.5 Å². The first-order chi connectivity index (χ1) is 7.06. The third-order valence-corrected chi connectivity index (χ3v) is 5.06. The zero-order valence-electron chi connectivity index (χ0n) is 10.5. The molecule has 0 heterocycles. The maximum absolute atomic E-state index is 3.46. The number of hydrogen-bond donors (Lipinski definition) is 0. The minimum Gasteiger partial charge on any atom is -0.180 e. The van der Waals surface area contributed by atoms with Crippen molar-refractivity contribution in [3.8, 4) is 0 Å². The van der Waals surface area contributed by atoms with Crippen molar-refractivity contribution < 1.29 is 32.7 Å². The average Bonchev–Trinajstić information content (AvgIpc) is 2.97. The molecular formula is C15H19Y-. The second-order valence-electron chi connectivity index (χ2n) is 6.04. The topological polar surface area (TPSA) is 0 Å². The largest absolute Gasteiger partial charge is 0.180 e. The molecule has 1 spiro atoms. The monoisotopic (exact) mass is 288 g/mol. The number of benzene rings is 1. The van der Waals surface area contributed by atoms with E-state index in [-0.39, 0.29) is 32.7 Å². The van der Waals surface area contributed by atoms with Crippen molar-refractivity contribution in [3.63, 3.8) is 0 Å². The minimum absolute atomic E-state index is 0. The van der Waals surface area contributed by atoms with E-state index in [1.807, 2.05) is 0 Å². The Morgan fingerprint density at radius 1 is 1.31 bits per heavy atom. The zero-order valence-corrected chi connectivity index (χ0v) is 13.3. The summed E-state index contributed by atoms with van der Waals surface area (Å²) in [6.07, 6.45) is 4.13. The molecule has 0 aliphatic heterocycles. The van der Waals surface area contributed by atoms with Crippen molar-refractivity contribution >= 4 is 0 Å². The van der Waals surface area contributed by atoms with E-state index < -0.39 is 0 Å². The van der Waals surface area contributed by atoms with Gasteiger partial charge in [-0.3, -0.25) is 0 Å². The second-order valence-corrected chi connectivity index (χ2v) is 6.04. The summed E-state index contributed by atoms with van der Waals surface area (Å²) in [5.41, 5.74) is 3.99. The molecule has 0 aromatic heterocycles. The van der Waals surface area contributed by atoms with Crippen molar-refractivity contribution in [3.05, 3.63) is 35.4 Å².